The summed E-state index contributed by atoms with van der Waals surface area (Å²) < 4.78 is 34.3. The van der Waals surface area contributed by atoms with E-state index in [4.69, 9.17) is 19.9 Å². The number of rotatable bonds is 10. The van der Waals surface area contributed by atoms with E-state index in [0.717, 1.165) is 37.3 Å². The van der Waals surface area contributed by atoms with Crippen molar-refractivity contribution < 1.29 is 28.8 Å². The Morgan fingerprint density at radius 1 is 1.16 bits per heavy atom. The standard InChI is InChI=1S/C23H28F2N6O3S.CH4O/c1-2-7-35-23-27-21(26-17-11-14(17)12-3-4-15(24)16(25)8-12)20-22(28-23)31(30-29-20)18-9-13(10-19(18)33)34-6-5-32;1-2/h3-4,8,13-14,17-19,32-33H,2,5-7,9-11H2,1H3,(H,26,27,28);2H,1H3/t13-,14-,17+,18+,19+;/m0./s1. The molecule has 4 N–H and O–H groups in total. The molecule has 2 aliphatic rings. The first kappa shape index (κ1) is 27.6. The molecule has 37 heavy (non-hydrogen) atoms. The summed E-state index contributed by atoms with van der Waals surface area (Å²) in [4.78, 5) is 9.36. The summed E-state index contributed by atoms with van der Waals surface area (Å²) in [7, 11) is 1.00. The van der Waals surface area contributed by atoms with Gasteiger partial charge in [-0.25, -0.2) is 23.4 Å². The number of aliphatic hydroxyl groups is 3. The zero-order chi connectivity index (χ0) is 26.5. The van der Waals surface area contributed by atoms with E-state index in [1.165, 1.54) is 17.8 Å². The number of hydrogen-bond acceptors (Lipinski definition) is 10. The van der Waals surface area contributed by atoms with Gasteiger partial charge in [0.05, 0.1) is 31.5 Å². The summed E-state index contributed by atoms with van der Waals surface area (Å²) in [6, 6.07) is 3.65. The molecule has 13 heteroatoms. The summed E-state index contributed by atoms with van der Waals surface area (Å²) in [5.41, 5.74) is 1.76. The maximum Gasteiger partial charge on any atom is 0.191 e. The summed E-state index contributed by atoms with van der Waals surface area (Å²) in [5.74, 6) is -0.288. The SMILES string of the molecule is CCCSc1nc(N[C@@H]2C[C@H]2c2ccc(F)c(F)c2)c2nnn([C@@H]3C[C@H](OCCO)C[C@H]3O)c2n1.CO. The minimum atomic E-state index is -0.858. The molecule has 10 nitrogen and oxygen atoms in total. The molecular weight excluding hydrogens is 506 g/mol. The molecule has 3 aromatic rings. The van der Waals surface area contributed by atoms with Crippen molar-refractivity contribution in [2.75, 3.05) is 31.4 Å². The molecule has 0 saturated heterocycles. The summed E-state index contributed by atoms with van der Waals surface area (Å²) in [6.07, 6.45) is 1.83. The third kappa shape index (κ3) is 6.17. The molecule has 0 unspecified atom stereocenters. The van der Waals surface area contributed by atoms with E-state index >= 15 is 0 Å². The van der Waals surface area contributed by atoms with E-state index in [-0.39, 0.29) is 37.3 Å². The van der Waals surface area contributed by atoms with E-state index in [2.05, 4.69) is 27.5 Å². The molecule has 2 fully saturated rings. The maximum absolute atomic E-state index is 13.7. The van der Waals surface area contributed by atoms with E-state index in [1.807, 2.05) is 0 Å². The Labute approximate surface area is 217 Å². The first-order valence-corrected chi connectivity index (χ1v) is 13.3. The van der Waals surface area contributed by atoms with Crippen LogP contribution in [-0.2, 0) is 4.74 Å². The Bertz CT molecular complexity index is 1200. The lowest BCUT2D eigenvalue weighted by Crippen LogP contribution is -2.20. The van der Waals surface area contributed by atoms with Crippen LogP contribution in [0.5, 0.6) is 0 Å². The largest absolute Gasteiger partial charge is 0.400 e. The first-order valence-electron chi connectivity index (χ1n) is 12.3. The van der Waals surface area contributed by atoms with Gasteiger partial charge in [0.2, 0.25) is 0 Å². The van der Waals surface area contributed by atoms with Gasteiger partial charge >= 0.3 is 0 Å². The second-order valence-corrected chi connectivity index (χ2v) is 10.1. The van der Waals surface area contributed by atoms with Crippen molar-refractivity contribution >= 4 is 28.7 Å². The van der Waals surface area contributed by atoms with Crippen molar-refractivity contribution in [1.82, 2.24) is 25.0 Å². The molecule has 2 saturated carbocycles. The van der Waals surface area contributed by atoms with E-state index in [1.54, 1.807) is 10.7 Å². The third-order valence-corrected chi connectivity index (χ3v) is 7.49. The van der Waals surface area contributed by atoms with Crippen molar-refractivity contribution in [3.8, 4) is 0 Å². The lowest BCUT2D eigenvalue weighted by molar-refractivity contribution is 0.0252. The number of aromatic nitrogens is 5. The second-order valence-electron chi connectivity index (χ2n) is 9.00. The summed E-state index contributed by atoms with van der Waals surface area (Å²) in [6.45, 7) is 2.22. The zero-order valence-electron chi connectivity index (χ0n) is 20.7. The Hall–Kier alpha value is -2.45. The normalized spacial score (nSPS) is 24.7. The Balaban J connectivity index is 0.00000156. The van der Waals surface area contributed by atoms with Crippen LogP contribution in [0.25, 0.3) is 11.2 Å². The van der Waals surface area contributed by atoms with Crippen molar-refractivity contribution in [1.29, 1.82) is 0 Å². The first-order chi connectivity index (χ1) is 18.0. The molecule has 0 bridgehead atoms. The number of nitrogens with zero attached hydrogens (tertiary/aromatic N) is 5. The fourth-order valence-electron chi connectivity index (χ4n) is 4.60. The topological polar surface area (TPSA) is 138 Å². The number of ether oxygens (including phenoxy) is 1. The average Bonchev–Trinajstić information content (AvgIpc) is 3.38. The molecule has 2 aliphatic carbocycles. The Morgan fingerprint density at radius 2 is 1.97 bits per heavy atom. The summed E-state index contributed by atoms with van der Waals surface area (Å²) >= 11 is 1.53. The number of benzene rings is 1. The van der Waals surface area contributed by atoms with Gasteiger partial charge in [-0.1, -0.05) is 30.0 Å². The fraction of sp³-hybridized carbons (Fsp3) is 0.583. The molecule has 2 heterocycles. The van der Waals surface area contributed by atoms with E-state index < -0.39 is 17.7 Å². The smallest absolute Gasteiger partial charge is 0.191 e. The highest BCUT2D eigenvalue weighted by Gasteiger charge is 2.40. The van der Waals surface area contributed by atoms with Crippen molar-refractivity contribution in [3.05, 3.63) is 35.4 Å². The molecule has 1 aromatic carbocycles. The van der Waals surface area contributed by atoms with Gasteiger partial charge in [-0.05, 0) is 37.0 Å². The number of nitrogens with one attached hydrogen (secondary N) is 1. The Morgan fingerprint density at radius 3 is 2.70 bits per heavy atom. The van der Waals surface area contributed by atoms with Crippen molar-refractivity contribution in [2.45, 2.75) is 68.0 Å². The van der Waals surface area contributed by atoms with E-state index in [0.29, 0.717) is 35.0 Å². The van der Waals surface area contributed by atoms with Crippen molar-refractivity contribution in [2.24, 2.45) is 0 Å². The van der Waals surface area contributed by atoms with Crippen LogP contribution in [0.2, 0.25) is 0 Å². The van der Waals surface area contributed by atoms with Crippen molar-refractivity contribution in [3.63, 3.8) is 0 Å². The third-order valence-electron chi connectivity index (χ3n) is 6.43. The molecule has 202 valence electrons. The molecule has 0 amide bonds. The highest BCUT2D eigenvalue weighted by atomic mass is 32.2. The van der Waals surface area contributed by atoms with Gasteiger partial charge in [0.25, 0.3) is 0 Å². The number of fused-ring (bicyclic) bond motifs is 1. The molecule has 2 aromatic heterocycles. The Kier molecular flexibility index (Phi) is 9.24. The van der Waals surface area contributed by atoms with Gasteiger partial charge in [0, 0.05) is 31.2 Å². The van der Waals surface area contributed by atoms with Gasteiger partial charge in [-0.3, -0.25) is 0 Å². The highest BCUT2D eigenvalue weighted by Crippen LogP contribution is 2.44. The van der Waals surface area contributed by atoms with Crippen LogP contribution in [0, 0.1) is 11.6 Å². The van der Waals surface area contributed by atoms with Crippen LogP contribution >= 0.6 is 11.8 Å². The monoisotopic (exact) mass is 538 g/mol. The highest BCUT2D eigenvalue weighted by molar-refractivity contribution is 7.99. The number of thioether (sulfide) groups is 1. The number of hydrogen-bond donors (Lipinski definition) is 4. The molecule has 5 rings (SSSR count). The van der Waals surface area contributed by atoms with Crippen LogP contribution in [0.3, 0.4) is 0 Å². The fourth-order valence-corrected chi connectivity index (χ4v) is 5.29. The lowest BCUT2D eigenvalue weighted by atomic mass is 10.1. The van der Waals surface area contributed by atoms with Gasteiger partial charge in [-0.15, -0.1) is 5.10 Å². The maximum atomic E-state index is 13.7. The lowest BCUT2D eigenvalue weighted by Gasteiger charge is -2.15. The van der Waals surface area contributed by atoms with Crippen LogP contribution < -0.4 is 5.32 Å². The average molecular weight is 539 g/mol. The number of aliphatic hydroxyl groups excluding tert-OH is 3. The van der Waals surface area contributed by atoms with Crippen LogP contribution in [-0.4, -0.2) is 84.6 Å². The molecule has 0 radical (unpaired) electrons. The van der Waals surface area contributed by atoms with Gasteiger partial charge in [0.1, 0.15) is 0 Å². The molecule has 0 aliphatic heterocycles. The van der Waals surface area contributed by atoms with Crippen LogP contribution in [0.15, 0.2) is 23.4 Å². The zero-order valence-corrected chi connectivity index (χ0v) is 21.5. The predicted octanol–water partition coefficient (Wildman–Crippen LogP) is 2.65. The number of anilines is 1. The molecule has 0 spiro atoms. The molecular formula is C24H32F2N6O4S. The summed E-state index contributed by atoms with van der Waals surface area (Å²) in [5, 5.41) is 39.3. The van der Waals surface area contributed by atoms with E-state index in [9.17, 15) is 13.9 Å². The second kappa shape index (κ2) is 12.4. The minimum Gasteiger partial charge on any atom is -0.400 e. The predicted molar refractivity (Wildman–Crippen MR) is 135 cm³/mol. The molecule has 5 atom stereocenters. The number of halogens is 2. The van der Waals surface area contributed by atoms with Gasteiger partial charge < -0.3 is 25.4 Å². The van der Waals surface area contributed by atoms with Gasteiger partial charge in [0.15, 0.2) is 33.8 Å². The minimum absolute atomic E-state index is 0.000435. The van der Waals surface area contributed by atoms with Crippen LogP contribution in [0.4, 0.5) is 14.6 Å². The van der Waals surface area contributed by atoms with Gasteiger partial charge in [-0.2, -0.15) is 0 Å². The quantitative estimate of drug-likeness (QED) is 0.225. The van der Waals surface area contributed by atoms with Crippen LogP contribution in [0.1, 0.15) is 50.1 Å².